The fourth-order valence-corrected chi connectivity index (χ4v) is 8.84. The molecule has 0 saturated heterocycles. The molecule has 0 aliphatic rings. The Morgan fingerprint density at radius 1 is 0.640 bits per heavy atom. The molecule has 1 atom stereocenters. The molecule has 0 spiro atoms. The fourth-order valence-electron chi connectivity index (χ4n) is 3.77. The molecule has 0 radical (unpaired) electrons. The van der Waals surface area contributed by atoms with Crippen molar-refractivity contribution in [1.82, 2.24) is 0 Å². The first kappa shape index (κ1) is 17.9. The Bertz CT molecular complexity index is 653. The quantitative estimate of drug-likeness (QED) is 0.518. The van der Waals surface area contributed by atoms with E-state index in [4.69, 9.17) is 0 Å². The molecule has 3 aromatic carbocycles. The van der Waals surface area contributed by atoms with Gasteiger partial charge >= 0.3 is 153 Å². The molecule has 0 aliphatic heterocycles. The van der Waals surface area contributed by atoms with E-state index in [1.165, 1.54) is 34.9 Å². The Balaban J connectivity index is 2.20. The van der Waals surface area contributed by atoms with Gasteiger partial charge < -0.3 is 0 Å². The molecule has 0 aliphatic carbocycles. The van der Waals surface area contributed by atoms with Crippen molar-refractivity contribution in [1.29, 1.82) is 0 Å². The summed E-state index contributed by atoms with van der Waals surface area (Å²) >= 11 is 0. The minimum atomic E-state index is -2.00. The second-order valence-corrected chi connectivity index (χ2v) is 11.1. The molecular weight excluding hydrogens is 319 g/mol. The van der Waals surface area contributed by atoms with Gasteiger partial charge in [-0.2, -0.15) is 0 Å². The molecule has 1 unspecified atom stereocenters. The summed E-state index contributed by atoms with van der Waals surface area (Å²) in [6.45, 7) is 4.70. The first-order valence-corrected chi connectivity index (χ1v) is 11.6. The summed E-state index contributed by atoms with van der Waals surface area (Å²) < 4.78 is 0. The van der Waals surface area contributed by atoms with E-state index >= 15 is 0 Å². The summed E-state index contributed by atoms with van der Waals surface area (Å²) in [6.07, 6.45) is 3.80. The van der Waals surface area contributed by atoms with Gasteiger partial charge in [-0.25, -0.2) is 0 Å². The SMILES string of the molecule is CCC(C)CC[PH](c1ccccc1)(c1ccccc1)c1ccccc1. The zero-order valence-corrected chi connectivity index (χ0v) is 16.4. The molecular formula is C24H29P. The van der Waals surface area contributed by atoms with Crippen molar-refractivity contribution in [3.8, 4) is 0 Å². The van der Waals surface area contributed by atoms with Gasteiger partial charge in [-0.1, -0.05) is 0 Å². The number of benzene rings is 3. The third kappa shape index (κ3) is 3.86. The van der Waals surface area contributed by atoms with Crippen LogP contribution in [0.4, 0.5) is 0 Å². The molecule has 0 saturated carbocycles. The Morgan fingerprint density at radius 3 is 1.32 bits per heavy atom. The average Bonchev–Trinajstić information content (AvgIpc) is 2.71. The van der Waals surface area contributed by atoms with Gasteiger partial charge in [0.2, 0.25) is 0 Å². The minimum absolute atomic E-state index is 0.767. The van der Waals surface area contributed by atoms with E-state index in [-0.39, 0.29) is 0 Å². The molecule has 3 aromatic rings. The van der Waals surface area contributed by atoms with E-state index in [0.717, 1.165) is 5.92 Å². The molecule has 0 N–H and O–H groups in total. The van der Waals surface area contributed by atoms with Crippen molar-refractivity contribution < 1.29 is 0 Å². The third-order valence-corrected chi connectivity index (χ3v) is 10.5. The van der Waals surface area contributed by atoms with Gasteiger partial charge in [0, 0.05) is 0 Å². The summed E-state index contributed by atoms with van der Waals surface area (Å²) in [4.78, 5) is 0. The van der Waals surface area contributed by atoms with Crippen LogP contribution in [-0.4, -0.2) is 6.16 Å². The normalized spacial score (nSPS) is 13.4. The van der Waals surface area contributed by atoms with Crippen LogP contribution in [0, 0.1) is 5.92 Å². The fraction of sp³-hybridized carbons (Fsp3) is 0.250. The van der Waals surface area contributed by atoms with Gasteiger partial charge in [-0.05, 0) is 0 Å². The molecule has 1 heteroatoms. The van der Waals surface area contributed by atoms with Crippen LogP contribution in [0.5, 0.6) is 0 Å². The van der Waals surface area contributed by atoms with E-state index in [0.29, 0.717) is 0 Å². The summed E-state index contributed by atoms with van der Waals surface area (Å²) in [5.41, 5.74) is 0. The summed E-state index contributed by atoms with van der Waals surface area (Å²) in [5, 5.41) is 4.57. The predicted octanol–water partition coefficient (Wildman–Crippen LogP) is 5.15. The zero-order valence-electron chi connectivity index (χ0n) is 15.4. The van der Waals surface area contributed by atoms with Crippen LogP contribution in [0.2, 0.25) is 0 Å². The van der Waals surface area contributed by atoms with E-state index in [2.05, 4.69) is 105 Å². The van der Waals surface area contributed by atoms with Gasteiger partial charge in [0.15, 0.2) is 0 Å². The molecule has 0 nitrogen and oxygen atoms in total. The molecule has 0 amide bonds. The summed E-state index contributed by atoms with van der Waals surface area (Å²) in [7, 11) is -2.00. The van der Waals surface area contributed by atoms with E-state index in [9.17, 15) is 0 Å². The van der Waals surface area contributed by atoms with Crippen LogP contribution >= 0.6 is 7.26 Å². The standard InChI is InChI=1S/C24H29P/c1-3-21(2)19-20-25(22-13-7-4-8-14-22,23-15-9-5-10-16-23)24-17-11-6-12-18-24/h4-18,21,25H,3,19-20H2,1-2H3. The van der Waals surface area contributed by atoms with Crippen molar-refractivity contribution in [2.45, 2.75) is 26.7 Å². The van der Waals surface area contributed by atoms with Gasteiger partial charge in [0.25, 0.3) is 0 Å². The predicted molar refractivity (Wildman–Crippen MR) is 115 cm³/mol. The maximum absolute atomic E-state index is 2.39. The topological polar surface area (TPSA) is 0 Å². The molecule has 0 heterocycles. The first-order valence-electron chi connectivity index (χ1n) is 9.44. The number of hydrogen-bond acceptors (Lipinski definition) is 0. The van der Waals surface area contributed by atoms with Crippen molar-refractivity contribution in [3.05, 3.63) is 91.0 Å². The summed E-state index contributed by atoms with van der Waals surface area (Å²) in [5.74, 6) is 0.767. The molecule has 0 bridgehead atoms. The Hall–Kier alpha value is -1.91. The molecule has 130 valence electrons. The molecule has 0 aromatic heterocycles. The van der Waals surface area contributed by atoms with Gasteiger partial charge in [-0.3, -0.25) is 0 Å². The van der Waals surface area contributed by atoms with Crippen LogP contribution in [0.15, 0.2) is 91.0 Å². The maximum atomic E-state index is 2.39. The zero-order chi connectivity index (χ0) is 17.5. The van der Waals surface area contributed by atoms with Crippen LogP contribution in [0.1, 0.15) is 26.7 Å². The van der Waals surface area contributed by atoms with Crippen LogP contribution in [0.25, 0.3) is 0 Å². The average molecular weight is 348 g/mol. The van der Waals surface area contributed by atoms with E-state index in [1.54, 1.807) is 0 Å². The number of rotatable bonds is 7. The Morgan fingerprint density at radius 2 is 1.00 bits per heavy atom. The van der Waals surface area contributed by atoms with E-state index in [1.807, 2.05) is 0 Å². The second kappa shape index (κ2) is 8.45. The van der Waals surface area contributed by atoms with Gasteiger partial charge in [0.05, 0.1) is 0 Å². The monoisotopic (exact) mass is 348 g/mol. The molecule has 0 fully saturated rings. The van der Waals surface area contributed by atoms with Crippen molar-refractivity contribution in [3.63, 3.8) is 0 Å². The first-order chi connectivity index (χ1) is 12.3. The second-order valence-electron chi connectivity index (χ2n) is 7.06. The van der Waals surface area contributed by atoms with Crippen molar-refractivity contribution in [2.75, 3.05) is 6.16 Å². The van der Waals surface area contributed by atoms with Crippen LogP contribution < -0.4 is 15.9 Å². The van der Waals surface area contributed by atoms with Gasteiger partial charge in [0.1, 0.15) is 0 Å². The Labute approximate surface area is 153 Å². The molecule has 3 rings (SSSR count). The summed E-state index contributed by atoms with van der Waals surface area (Å²) in [6, 6.07) is 33.7. The van der Waals surface area contributed by atoms with Crippen molar-refractivity contribution >= 4 is 23.2 Å². The van der Waals surface area contributed by atoms with Gasteiger partial charge in [-0.15, -0.1) is 0 Å². The van der Waals surface area contributed by atoms with E-state index < -0.39 is 7.26 Å². The third-order valence-electron chi connectivity index (χ3n) is 5.51. The van der Waals surface area contributed by atoms with Crippen molar-refractivity contribution in [2.24, 2.45) is 5.92 Å². The van der Waals surface area contributed by atoms with Crippen LogP contribution in [-0.2, 0) is 0 Å². The molecule has 25 heavy (non-hydrogen) atoms. The van der Waals surface area contributed by atoms with Crippen LogP contribution in [0.3, 0.4) is 0 Å². The Kier molecular flexibility index (Phi) is 6.05. The number of hydrogen-bond donors (Lipinski definition) is 0.